The van der Waals surface area contributed by atoms with E-state index in [9.17, 15) is 4.79 Å². The maximum absolute atomic E-state index is 12.9. The van der Waals surface area contributed by atoms with Crippen LogP contribution in [0, 0.1) is 27.7 Å². The molecule has 0 spiro atoms. The molecule has 0 N–H and O–H groups in total. The minimum absolute atomic E-state index is 0.0317. The molecule has 0 saturated carbocycles. The fourth-order valence-corrected chi connectivity index (χ4v) is 2.52. The molecule has 0 aromatic heterocycles. The number of carbonyl (C=O) groups is 1. The first kappa shape index (κ1) is 14.3. The summed E-state index contributed by atoms with van der Waals surface area (Å²) in [7, 11) is 1.59. The normalized spacial score (nSPS) is 10.4. The number of ether oxygens (including phenoxy) is 1. The zero-order valence-electron chi connectivity index (χ0n) is 12.7. The number of aryl methyl sites for hydroxylation is 2. The topological polar surface area (TPSA) is 26.3 Å². The Balaban J connectivity index is 2.66. The molecule has 0 fully saturated rings. The van der Waals surface area contributed by atoms with E-state index in [0.29, 0.717) is 11.3 Å². The average Bonchev–Trinajstić information content (AvgIpc) is 2.45. The summed E-state index contributed by atoms with van der Waals surface area (Å²) in [4.78, 5) is 12.9. The molecule has 0 aliphatic heterocycles. The van der Waals surface area contributed by atoms with Crippen LogP contribution < -0.4 is 4.74 Å². The van der Waals surface area contributed by atoms with Crippen LogP contribution in [0.25, 0.3) is 0 Å². The number of benzene rings is 2. The highest BCUT2D eigenvalue weighted by Crippen LogP contribution is 2.27. The SMILES string of the molecule is COc1ccccc1C(=O)c1c(C)c(C)cc(C)c1C. The number of hydrogen-bond acceptors (Lipinski definition) is 2. The highest BCUT2D eigenvalue weighted by molar-refractivity contribution is 6.12. The second-order valence-electron chi connectivity index (χ2n) is 5.16. The number of ketones is 1. The lowest BCUT2D eigenvalue weighted by molar-refractivity contribution is 0.103. The Hall–Kier alpha value is -2.09. The number of methoxy groups -OCH3 is 1. The van der Waals surface area contributed by atoms with Gasteiger partial charge in [0.05, 0.1) is 12.7 Å². The molecule has 2 aromatic carbocycles. The van der Waals surface area contributed by atoms with Crippen molar-refractivity contribution >= 4 is 5.78 Å². The fraction of sp³-hybridized carbons (Fsp3) is 0.278. The summed E-state index contributed by atoms with van der Waals surface area (Å²) in [6, 6.07) is 9.50. The van der Waals surface area contributed by atoms with Crippen molar-refractivity contribution in [1.29, 1.82) is 0 Å². The fourth-order valence-electron chi connectivity index (χ4n) is 2.52. The van der Waals surface area contributed by atoms with Crippen molar-refractivity contribution in [2.45, 2.75) is 27.7 Å². The van der Waals surface area contributed by atoms with Gasteiger partial charge < -0.3 is 4.74 Å². The van der Waals surface area contributed by atoms with Crippen molar-refractivity contribution in [3.8, 4) is 5.75 Å². The first-order chi connectivity index (χ1) is 9.47. The molecular weight excluding hydrogens is 248 g/mol. The van der Waals surface area contributed by atoms with Gasteiger partial charge in [-0.2, -0.15) is 0 Å². The molecule has 0 radical (unpaired) electrons. The van der Waals surface area contributed by atoms with Gasteiger partial charge in [0.1, 0.15) is 5.75 Å². The van der Waals surface area contributed by atoms with Gasteiger partial charge in [-0.05, 0) is 62.1 Å². The van der Waals surface area contributed by atoms with Crippen molar-refractivity contribution in [3.63, 3.8) is 0 Å². The summed E-state index contributed by atoms with van der Waals surface area (Å²) in [5.74, 6) is 0.653. The zero-order valence-corrected chi connectivity index (χ0v) is 12.7. The Morgan fingerprint density at radius 3 is 2.05 bits per heavy atom. The predicted molar refractivity (Wildman–Crippen MR) is 81.8 cm³/mol. The first-order valence-electron chi connectivity index (χ1n) is 6.72. The number of carbonyl (C=O) groups excluding carboxylic acids is 1. The van der Waals surface area contributed by atoms with Crippen molar-refractivity contribution in [3.05, 3.63) is 63.7 Å². The molecule has 0 saturated heterocycles. The summed E-state index contributed by atoms with van der Waals surface area (Å²) in [5.41, 5.74) is 5.80. The van der Waals surface area contributed by atoms with Crippen LogP contribution in [0.1, 0.15) is 38.2 Å². The van der Waals surface area contributed by atoms with Crippen molar-refractivity contribution in [2.75, 3.05) is 7.11 Å². The maximum Gasteiger partial charge on any atom is 0.197 e. The third-order valence-electron chi connectivity index (χ3n) is 3.94. The van der Waals surface area contributed by atoms with E-state index >= 15 is 0 Å². The minimum atomic E-state index is 0.0317. The highest BCUT2D eigenvalue weighted by Gasteiger charge is 2.20. The van der Waals surface area contributed by atoms with E-state index in [0.717, 1.165) is 27.8 Å². The van der Waals surface area contributed by atoms with Gasteiger partial charge in [-0.25, -0.2) is 0 Å². The van der Waals surface area contributed by atoms with Crippen LogP contribution in [0.4, 0.5) is 0 Å². The maximum atomic E-state index is 12.9. The molecule has 0 amide bonds. The Bertz CT molecular complexity index is 643. The number of para-hydroxylation sites is 1. The lowest BCUT2D eigenvalue weighted by Gasteiger charge is -2.15. The van der Waals surface area contributed by atoms with Crippen LogP contribution in [0.5, 0.6) is 5.75 Å². The van der Waals surface area contributed by atoms with E-state index < -0.39 is 0 Å². The van der Waals surface area contributed by atoms with Gasteiger partial charge in [0.2, 0.25) is 0 Å². The van der Waals surface area contributed by atoms with Gasteiger partial charge in [0.25, 0.3) is 0 Å². The Kier molecular flexibility index (Phi) is 3.93. The van der Waals surface area contributed by atoms with Crippen LogP contribution in [-0.2, 0) is 0 Å². The third kappa shape index (κ3) is 2.34. The second kappa shape index (κ2) is 5.49. The number of hydrogen-bond donors (Lipinski definition) is 0. The predicted octanol–water partition coefficient (Wildman–Crippen LogP) is 4.16. The molecule has 0 bridgehead atoms. The van der Waals surface area contributed by atoms with Gasteiger partial charge in [-0.1, -0.05) is 18.2 Å². The standard InChI is InChI=1S/C18H20O2/c1-11-10-12(2)14(4)17(13(11)3)18(19)15-8-6-7-9-16(15)20-5/h6-10H,1-5H3. The van der Waals surface area contributed by atoms with Gasteiger partial charge in [0, 0.05) is 5.56 Å². The van der Waals surface area contributed by atoms with E-state index in [-0.39, 0.29) is 5.78 Å². The van der Waals surface area contributed by atoms with Crippen LogP contribution in [0.2, 0.25) is 0 Å². The largest absolute Gasteiger partial charge is 0.496 e. The summed E-state index contributed by atoms with van der Waals surface area (Å²) < 4.78 is 5.31. The molecule has 0 unspecified atom stereocenters. The molecular formula is C18H20O2. The summed E-state index contributed by atoms with van der Waals surface area (Å²) in [6.07, 6.45) is 0. The number of rotatable bonds is 3. The minimum Gasteiger partial charge on any atom is -0.496 e. The quantitative estimate of drug-likeness (QED) is 0.781. The van der Waals surface area contributed by atoms with Gasteiger partial charge in [0.15, 0.2) is 5.78 Å². The average molecular weight is 268 g/mol. The van der Waals surface area contributed by atoms with Crippen LogP contribution in [-0.4, -0.2) is 12.9 Å². The summed E-state index contributed by atoms with van der Waals surface area (Å²) >= 11 is 0. The van der Waals surface area contributed by atoms with E-state index in [4.69, 9.17) is 4.74 Å². The van der Waals surface area contributed by atoms with Crippen LogP contribution in [0.3, 0.4) is 0 Å². The molecule has 0 aliphatic rings. The highest BCUT2D eigenvalue weighted by atomic mass is 16.5. The molecule has 20 heavy (non-hydrogen) atoms. The van der Waals surface area contributed by atoms with Gasteiger partial charge in [-0.3, -0.25) is 4.79 Å². The molecule has 0 atom stereocenters. The monoisotopic (exact) mass is 268 g/mol. The molecule has 0 heterocycles. The second-order valence-corrected chi connectivity index (χ2v) is 5.16. The molecule has 2 nitrogen and oxygen atoms in total. The van der Waals surface area contributed by atoms with Gasteiger partial charge in [-0.15, -0.1) is 0 Å². The lowest BCUT2D eigenvalue weighted by Crippen LogP contribution is -2.10. The smallest absolute Gasteiger partial charge is 0.197 e. The Morgan fingerprint density at radius 1 is 0.950 bits per heavy atom. The van der Waals surface area contributed by atoms with Gasteiger partial charge >= 0.3 is 0 Å². The van der Waals surface area contributed by atoms with Crippen molar-refractivity contribution in [1.82, 2.24) is 0 Å². The first-order valence-corrected chi connectivity index (χ1v) is 6.72. The Labute approximate surface area is 120 Å². The molecule has 2 heteroatoms. The lowest BCUT2D eigenvalue weighted by atomic mass is 9.89. The van der Waals surface area contributed by atoms with Crippen molar-refractivity contribution < 1.29 is 9.53 Å². The van der Waals surface area contributed by atoms with Crippen LogP contribution >= 0.6 is 0 Å². The molecule has 104 valence electrons. The molecule has 2 aromatic rings. The third-order valence-corrected chi connectivity index (χ3v) is 3.94. The Morgan fingerprint density at radius 2 is 1.50 bits per heavy atom. The molecule has 2 rings (SSSR count). The summed E-state index contributed by atoms with van der Waals surface area (Å²) in [5, 5.41) is 0. The molecule has 0 aliphatic carbocycles. The summed E-state index contributed by atoms with van der Waals surface area (Å²) in [6.45, 7) is 8.09. The van der Waals surface area contributed by atoms with E-state index in [1.54, 1.807) is 7.11 Å². The van der Waals surface area contributed by atoms with E-state index in [2.05, 4.69) is 6.07 Å². The van der Waals surface area contributed by atoms with Crippen LogP contribution in [0.15, 0.2) is 30.3 Å². The van der Waals surface area contributed by atoms with Crippen molar-refractivity contribution in [2.24, 2.45) is 0 Å². The van der Waals surface area contributed by atoms with E-state index in [1.807, 2.05) is 52.0 Å². The zero-order chi connectivity index (χ0) is 14.9. The van der Waals surface area contributed by atoms with E-state index in [1.165, 1.54) is 0 Å².